The number of hydrogen-bond donors (Lipinski definition) is 2. The molecule has 0 bridgehead atoms. The molecule has 0 saturated heterocycles. The molecule has 1 saturated carbocycles. The minimum absolute atomic E-state index is 0.0411. The molecule has 0 aromatic carbocycles. The summed E-state index contributed by atoms with van der Waals surface area (Å²) < 4.78 is 26.2. The summed E-state index contributed by atoms with van der Waals surface area (Å²) in [4.78, 5) is 0. The molecule has 6 heteroatoms. The molecule has 0 atom stereocenters. The number of nitrogens with one attached hydrogen (secondary N) is 2. The van der Waals surface area contributed by atoms with Crippen LogP contribution in [0.3, 0.4) is 0 Å². The van der Waals surface area contributed by atoms with E-state index >= 15 is 0 Å². The number of rotatable bonds is 10. The van der Waals surface area contributed by atoms with Gasteiger partial charge in [-0.3, -0.25) is 0 Å². The van der Waals surface area contributed by atoms with Crippen molar-refractivity contribution in [1.82, 2.24) is 10.0 Å². The summed E-state index contributed by atoms with van der Waals surface area (Å²) in [6.45, 7) is 5.52. The van der Waals surface area contributed by atoms with Crippen LogP contribution >= 0.6 is 11.8 Å². The van der Waals surface area contributed by atoms with E-state index in [1.165, 1.54) is 12.8 Å². The van der Waals surface area contributed by atoms with Gasteiger partial charge in [-0.25, -0.2) is 13.1 Å². The SMILES string of the molecule is CSC(C)(C)CNS(=O)(=O)CCCCNC1CC1. The molecular weight excluding hydrogens is 268 g/mol. The van der Waals surface area contributed by atoms with Crippen LogP contribution in [0.2, 0.25) is 0 Å². The molecule has 108 valence electrons. The molecule has 18 heavy (non-hydrogen) atoms. The van der Waals surface area contributed by atoms with E-state index in [-0.39, 0.29) is 10.5 Å². The van der Waals surface area contributed by atoms with Gasteiger partial charge in [0, 0.05) is 17.3 Å². The molecule has 0 heterocycles. The van der Waals surface area contributed by atoms with Crippen LogP contribution in [0.5, 0.6) is 0 Å². The molecule has 0 aromatic heterocycles. The van der Waals surface area contributed by atoms with E-state index < -0.39 is 10.0 Å². The van der Waals surface area contributed by atoms with Gasteiger partial charge in [-0.15, -0.1) is 0 Å². The van der Waals surface area contributed by atoms with Crippen LogP contribution in [-0.2, 0) is 10.0 Å². The Morgan fingerprint density at radius 1 is 1.28 bits per heavy atom. The Morgan fingerprint density at radius 3 is 2.50 bits per heavy atom. The second-order valence-corrected chi connectivity index (χ2v) is 8.98. The molecule has 1 rings (SSSR count). The van der Waals surface area contributed by atoms with E-state index in [9.17, 15) is 8.42 Å². The fourth-order valence-corrected chi connectivity index (χ4v) is 3.06. The van der Waals surface area contributed by atoms with Crippen molar-refractivity contribution >= 4 is 21.8 Å². The van der Waals surface area contributed by atoms with Crippen LogP contribution in [0.25, 0.3) is 0 Å². The highest BCUT2D eigenvalue weighted by atomic mass is 32.2. The summed E-state index contributed by atoms with van der Waals surface area (Å²) in [6.07, 6.45) is 6.23. The monoisotopic (exact) mass is 294 g/mol. The first-order valence-electron chi connectivity index (χ1n) is 6.60. The molecule has 0 amide bonds. The lowest BCUT2D eigenvalue weighted by atomic mass is 10.2. The Balaban J connectivity index is 2.10. The Kier molecular flexibility index (Phi) is 6.44. The van der Waals surface area contributed by atoms with Crippen molar-refractivity contribution < 1.29 is 8.42 Å². The number of unbranched alkanes of at least 4 members (excludes halogenated alkanes) is 1. The standard InChI is InChI=1S/C12H26N2O2S2/c1-12(2,17-3)10-14-18(15,16)9-5-4-8-13-11-6-7-11/h11,13-14H,4-10H2,1-3H3. The van der Waals surface area contributed by atoms with Crippen molar-refractivity contribution in [3.05, 3.63) is 0 Å². The lowest BCUT2D eigenvalue weighted by Gasteiger charge is -2.22. The molecule has 0 aromatic rings. The van der Waals surface area contributed by atoms with E-state index in [1.54, 1.807) is 11.8 Å². The number of thioether (sulfide) groups is 1. The highest BCUT2D eigenvalue weighted by Gasteiger charge is 2.21. The summed E-state index contributed by atoms with van der Waals surface area (Å²) in [7, 11) is -3.10. The summed E-state index contributed by atoms with van der Waals surface area (Å²) in [5.74, 6) is 0.240. The third-order valence-electron chi connectivity index (χ3n) is 3.12. The van der Waals surface area contributed by atoms with E-state index in [0.717, 1.165) is 19.4 Å². The summed E-state index contributed by atoms with van der Waals surface area (Å²) in [6, 6.07) is 0.710. The maximum Gasteiger partial charge on any atom is 0.211 e. The van der Waals surface area contributed by atoms with Gasteiger partial charge in [0.1, 0.15) is 0 Å². The first kappa shape index (κ1) is 16.3. The number of sulfonamides is 1. The molecule has 0 radical (unpaired) electrons. The van der Waals surface area contributed by atoms with Crippen molar-refractivity contribution in [2.45, 2.75) is 50.3 Å². The Morgan fingerprint density at radius 2 is 1.94 bits per heavy atom. The molecule has 1 aliphatic rings. The zero-order valence-corrected chi connectivity index (χ0v) is 13.3. The first-order chi connectivity index (χ1) is 8.35. The lowest BCUT2D eigenvalue weighted by molar-refractivity contribution is 0.563. The fourth-order valence-electron chi connectivity index (χ4n) is 1.44. The van der Waals surface area contributed by atoms with Crippen LogP contribution in [-0.4, -0.2) is 44.3 Å². The summed E-state index contributed by atoms with van der Waals surface area (Å²) in [5.41, 5.74) is 0. The predicted molar refractivity (Wildman–Crippen MR) is 79.6 cm³/mol. The minimum Gasteiger partial charge on any atom is -0.314 e. The third-order valence-corrected chi connectivity index (χ3v) is 5.78. The quantitative estimate of drug-likeness (QED) is 0.601. The predicted octanol–water partition coefficient (Wildman–Crippen LogP) is 1.58. The van der Waals surface area contributed by atoms with Crippen LogP contribution in [0.15, 0.2) is 0 Å². The average molecular weight is 294 g/mol. The van der Waals surface area contributed by atoms with E-state index in [2.05, 4.69) is 10.0 Å². The van der Waals surface area contributed by atoms with Crippen molar-refractivity contribution in [3.63, 3.8) is 0 Å². The van der Waals surface area contributed by atoms with Crippen molar-refractivity contribution in [2.24, 2.45) is 0 Å². The Labute approximate surface area is 116 Å². The van der Waals surface area contributed by atoms with Gasteiger partial charge in [0.15, 0.2) is 0 Å². The molecule has 0 aliphatic heterocycles. The smallest absolute Gasteiger partial charge is 0.211 e. The Hall–Kier alpha value is 0.220. The van der Waals surface area contributed by atoms with Crippen LogP contribution in [0, 0.1) is 0 Å². The molecule has 1 fully saturated rings. The number of hydrogen-bond acceptors (Lipinski definition) is 4. The van der Waals surface area contributed by atoms with Gasteiger partial charge >= 0.3 is 0 Å². The van der Waals surface area contributed by atoms with Crippen molar-refractivity contribution in [2.75, 3.05) is 25.1 Å². The summed E-state index contributed by atoms with van der Waals surface area (Å²) in [5, 5.41) is 3.39. The summed E-state index contributed by atoms with van der Waals surface area (Å²) >= 11 is 1.67. The molecule has 2 N–H and O–H groups in total. The first-order valence-corrected chi connectivity index (χ1v) is 9.48. The van der Waals surface area contributed by atoms with E-state index in [1.807, 2.05) is 20.1 Å². The van der Waals surface area contributed by atoms with Gasteiger partial charge in [0.2, 0.25) is 10.0 Å². The highest BCUT2D eigenvalue weighted by molar-refractivity contribution is 8.00. The van der Waals surface area contributed by atoms with Crippen LogP contribution < -0.4 is 10.0 Å². The zero-order chi connectivity index (χ0) is 13.6. The van der Waals surface area contributed by atoms with Crippen molar-refractivity contribution in [3.8, 4) is 0 Å². The van der Waals surface area contributed by atoms with E-state index in [4.69, 9.17) is 0 Å². The molecular formula is C12H26N2O2S2. The average Bonchev–Trinajstić information content (AvgIpc) is 3.10. The van der Waals surface area contributed by atoms with Gasteiger partial charge in [-0.2, -0.15) is 11.8 Å². The molecule has 0 spiro atoms. The van der Waals surface area contributed by atoms with Crippen molar-refractivity contribution in [1.29, 1.82) is 0 Å². The lowest BCUT2D eigenvalue weighted by Crippen LogP contribution is -2.37. The molecule has 4 nitrogen and oxygen atoms in total. The van der Waals surface area contributed by atoms with Gasteiger partial charge in [0.25, 0.3) is 0 Å². The van der Waals surface area contributed by atoms with Gasteiger partial charge in [-0.05, 0) is 52.3 Å². The minimum atomic E-state index is -3.10. The Bertz CT molecular complexity index is 338. The zero-order valence-electron chi connectivity index (χ0n) is 11.7. The maximum absolute atomic E-state index is 11.8. The fraction of sp³-hybridized carbons (Fsp3) is 1.00. The largest absolute Gasteiger partial charge is 0.314 e. The van der Waals surface area contributed by atoms with Gasteiger partial charge in [0.05, 0.1) is 5.75 Å². The van der Waals surface area contributed by atoms with Crippen LogP contribution in [0.4, 0.5) is 0 Å². The second kappa shape index (κ2) is 7.12. The topological polar surface area (TPSA) is 58.2 Å². The van der Waals surface area contributed by atoms with Gasteiger partial charge in [-0.1, -0.05) is 0 Å². The van der Waals surface area contributed by atoms with Gasteiger partial charge < -0.3 is 5.32 Å². The third kappa shape index (κ3) is 7.61. The molecule has 1 aliphatic carbocycles. The normalized spacial score (nSPS) is 17.1. The second-order valence-electron chi connectivity index (χ2n) is 5.54. The highest BCUT2D eigenvalue weighted by Crippen LogP contribution is 2.20. The molecule has 0 unspecified atom stereocenters. The van der Waals surface area contributed by atoms with E-state index in [0.29, 0.717) is 12.6 Å². The van der Waals surface area contributed by atoms with Crippen LogP contribution in [0.1, 0.15) is 39.5 Å². The maximum atomic E-state index is 11.8.